The molecule has 2 amide bonds. The van der Waals surface area contributed by atoms with E-state index in [0.29, 0.717) is 29.2 Å². The topological polar surface area (TPSA) is 61.4 Å². The standard InChI is InChI=1S/C23H30ClN3O2/c24-20-2-1-18(22(29)27-5-3-25-4-6-27)10-19(20)21(28)26-14-23-11-15-7-16(12-23)9-17(8-15)13-23/h1-2,10,15-17,25H,3-9,11-14H2,(H,26,28). The van der Waals surface area contributed by atoms with Gasteiger partial charge in [-0.2, -0.15) is 0 Å². The van der Waals surface area contributed by atoms with Gasteiger partial charge in [-0.25, -0.2) is 0 Å². The quantitative estimate of drug-likeness (QED) is 0.792. The third-order valence-corrected chi connectivity index (χ3v) is 7.98. The fourth-order valence-corrected chi connectivity index (χ4v) is 6.96. The SMILES string of the molecule is O=C(NCC12CC3CC(CC(C3)C1)C2)c1cc(C(=O)N2CCNCC2)ccc1Cl. The zero-order chi connectivity index (χ0) is 20.0. The summed E-state index contributed by atoms with van der Waals surface area (Å²) in [7, 11) is 0. The van der Waals surface area contributed by atoms with Crippen molar-refractivity contribution in [3.8, 4) is 0 Å². The van der Waals surface area contributed by atoms with Crippen LogP contribution < -0.4 is 10.6 Å². The molecule has 2 N–H and O–H groups in total. The Morgan fingerprint density at radius 2 is 1.69 bits per heavy atom. The van der Waals surface area contributed by atoms with Crippen molar-refractivity contribution >= 4 is 23.4 Å². The summed E-state index contributed by atoms with van der Waals surface area (Å²) < 4.78 is 0. The Labute approximate surface area is 177 Å². The van der Waals surface area contributed by atoms with E-state index in [4.69, 9.17) is 11.6 Å². The second-order valence-corrected chi connectivity index (χ2v) is 10.2. The van der Waals surface area contributed by atoms with Gasteiger partial charge in [0.15, 0.2) is 0 Å². The first-order valence-corrected chi connectivity index (χ1v) is 11.5. The van der Waals surface area contributed by atoms with Gasteiger partial charge in [0, 0.05) is 38.3 Å². The lowest BCUT2D eigenvalue weighted by Crippen LogP contribution is -2.51. The molecule has 0 unspecified atom stereocenters. The first-order valence-electron chi connectivity index (χ1n) is 11.1. The summed E-state index contributed by atoms with van der Waals surface area (Å²) >= 11 is 6.34. The first-order chi connectivity index (χ1) is 14.0. The zero-order valence-electron chi connectivity index (χ0n) is 16.9. The van der Waals surface area contributed by atoms with Crippen LogP contribution in [0.1, 0.15) is 59.2 Å². The van der Waals surface area contributed by atoms with Crippen LogP contribution in [-0.4, -0.2) is 49.4 Å². The Hall–Kier alpha value is -1.59. The van der Waals surface area contributed by atoms with Crippen molar-refractivity contribution in [2.45, 2.75) is 38.5 Å². The molecule has 6 rings (SSSR count). The summed E-state index contributed by atoms with van der Waals surface area (Å²) in [5, 5.41) is 6.84. The molecule has 0 aromatic heterocycles. The van der Waals surface area contributed by atoms with E-state index in [1.165, 1.54) is 38.5 Å². The molecule has 6 heteroatoms. The maximum Gasteiger partial charge on any atom is 0.253 e. The summed E-state index contributed by atoms with van der Waals surface area (Å²) in [5.41, 5.74) is 1.24. The fourth-order valence-electron chi connectivity index (χ4n) is 6.75. The van der Waals surface area contributed by atoms with E-state index < -0.39 is 0 Å². The number of carbonyl (C=O) groups excluding carboxylic acids is 2. The summed E-state index contributed by atoms with van der Waals surface area (Å²) in [4.78, 5) is 27.6. The van der Waals surface area contributed by atoms with Crippen LogP contribution in [-0.2, 0) is 0 Å². The fraction of sp³-hybridized carbons (Fsp3) is 0.652. The van der Waals surface area contributed by atoms with Gasteiger partial charge in [-0.1, -0.05) is 11.6 Å². The Kier molecular flexibility index (Phi) is 5.07. The van der Waals surface area contributed by atoms with E-state index >= 15 is 0 Å². The van der Waals surface area contributed by atoms with Gasteiger partial charge in [-0.05, 0) is 79.9 Å². The molecule has 5 nitrogen and oxygen atoms in total. The van der Waals surface area contributed by atoms with Gasteiger partial charge in [0.2, 0.25) is 0 Å². The van der Waals surface area contributed by atoms with Crippen molar-refractivity contribution in [2.75, 3.05) is 32.7 Å². The Morgan fingerprint density at radius 1 is 1.07 bits per heavy atom. The van der Waals surface area contributed by atoms with E-state index in [9.17, 15) is 9.59 Å². The van der Waals surface area contributed by atoms with Crippen LogP contribution in [0.5, 0.6) is 0 Å². The van der Waals surface area contributed by atoms with Gasteiger partial charge in [-0.3, -0.25) is 9.59 Å². The minimum absolute atomic E-state index is 0.0294. The van der Waals surface area contributed by atoms with Gasteiger partial charge in [0.1, 0.15) is 0 Å². The van der Waals surface area contributed by atoms with E-state index in [1.807, 2.05) is 4.90 Å². The zero-order valence-corrected chi connectivity index (χ0v) is 17.6. The second kappa shape index (κ2) is 7.59. The van der Waals surface area contributed by atoms with E-state index in [0.717, 1.165) is 37.4 Å². The molecule has 1 aromatic rings. The minimum atomic E-state index is -0.152. The molecule has 1 heterocycles. The number of halogens is 1. The molecule has 29 heavy (non-hydrogen) atoms. The van der Waals surface area contributed by atoms with Crippen molar-refractivity contribution in [3.05, 3.63) is 34.3 Å². The molecule has 0 radical (unpaired) electrons. The van der Waals surface area contributed by atoms with Crippen LogP contribution in [0.15, 0.2) is 18.2 Å². The largest absolute Gasteiger partial charge is 0.351 e. The molecule has 1 aromatic carbocycles. The highest BCUT2D eigenvalue weighted by Gasteiger charge is 2.50. The van der Waals surface area contributed by atoms with Crippen molar-refractivity contribution in [2.24, 2.45) is 23.2 Å². The lowest BCUT2D eigenvalue weighted by atomic mass is 9.49. The molecule has 156 valence electrons. The van der Waals surface area contributed by atoms with E-state index in [-0.39, 0.29) is 17.2 Å². The highest BCUT2D eigenvalue weighted by molar-refractivity contribution is 6.34. The van der Waals surface area contributed by atoms with Crippen LogP contribution >= 0.6 is 11.6 Å². The number of amides is 2. The number of hydrogen-bond acceptors (Lipinski definition) is 3. The number of benzene rings is 1. The third-order valence-electron chi connectivity index (χ3n) is 7.65. The van der Waals surface area contributed by atoms with E-state index in [2.05, 4.69) is 10.6 Å². The lowest BCUT2D eigenvalue weighted by molar-refractivity contribution is -0.0503. The molecule has 4 aliphatic carbocycles. The van der Waals surface area contributed by atoms with Crippen molar-refractivity contribution in [1.29, 1.82) is 0 Å². The number of nitrogens with one attached hydrogen (secondary N) is 2. The van der Waals surface area contributed by atoms with Crippen LogP contribution in [0.3, 0.4) is 0 Å². The Balaban J connectivity index is 1.28. The third kappa shape index (κ3) is 3.79. The predicted octanol–water partition coefficient (Wildman–Crippen LogP) is 3.33. The molecule has 0 atom stereocenters. The summed E-state index contributed by atoms with van der Waals surface area (Å²) in [6.45, 7) is 3.72. The number of carbonyl (C=O) groups is 2. The number of rotatable bonds is 4. The summed E-state index contributed by atoms with van der Waals surface area (Å²) in [6, 6.07) is 5.07. The minimum Gasteiger partial charge on any atom is -0.351 e. The summed E-state index contributed by atoms with van der Waals surface area (Å²) in [5.74, 6) is 2.41. The molecule has 1 aliphatic heterocycles. The van der Waals surface area contributed by atoms with Crippen LogP contribution in [0.25, 0.3) is 0 Å². The molecule has 4 bridgehead atoms. The molecule has 1 saturated heterocycles. The first kappa shape index (κ1) is 19.4. The van der Waals surface area contributed by atoms with Crippen LogP contribution in [0.2, 0.25) is 5.02 Å². The molecule has 0 spiro atoms. The molecule has 5 fully saturated rings. The predicted molar refractivity (Wildman–Crippen MR) is 113 cm³/mol. The van der Waals surface area contributed by atoms with Gasteiger partial charge >= 0.3 is 0 Å². The van der Waals surface area contributed by atoms with Crippen LogP contribution in [0.4, 0.5) is 0 Å². The highest BCUT2D eigenvalue weighted by atomic mass is 35.5. The summed E-state index contributed by atoms with van der Waals surface area (Å²) in [6.07, 6.45) is 7.97. The van der Waals surface area contributed by atoms with Crippen molar-refractivity contribution in [3.63, 3.8) is 0 Å². The monoisotopic (exact) mass is 415 g/mol. The number of piperazine rings is 1. The Morgan fingerprint density at radius 3 is 2.31 bits per heavy atom. The number of nitrogens with zero attached hydrogens (tertiary/aromatic N) is 1. The maximum atomic E-state index is 13.0. The van der Waals surface area contributed by atoms with Crippen LogP contribution in [0, 0.1) is 23.2 Å². The van der Waals surface area contributed by atoms with Crippen molar-refractivity contribution < 1.29 is 9.59 Å². The van der Waals surface area contributed by atoms with Gasteiger partial charge in [-0.15, -0.1) is 0 Å². The molecule has 4 saturated carbocycles. The van der Waals surface area contributed by atoms with Crippen molar-refractivity contribution in [1.82, 2.24) is 15.5 Å². The second-order valence-electron chi connectivity index (χ2n) is 9.84. The molecular formula is C23H30ClN3O2. The smallest absolute Gasteiger partial charge is 0.253 e. The average Bonchev–Trinajstić information content (AvgIpc) is 2.71. The Bertz CT molecular complexity index is 783. The van der Waals surface area contributed by atoms with Gasteiger partial charge in [0.25, 0.3) is 11.8 Å². The van der Waals surface area contributed by atoms with E-state index in [1.54, 1.807) is 18.2 Å². The molecule has 5 aliphatic rings. The normalized spacial score (nSPS) is 33.0. The molecular weight excluding hydrogens is 386 g/mol. The van der Waals surface area contributed by atoms with Gasteiger partial charge < -0.3 is 15.5 Å². The maximum absolute atomic E-state index is 13.0. The average molecular weight is 416 g/mol. The lowest BCUT2D eigenvalue weighted by Gasteiger charge is -2.56. The highest BCUT2D eigenvalue weighted by Crippen LogP contribution is 2.59. The number of hydrogen-bond donors (Lipinski definition) is 2. The van der Waals surface area contributed by atoms with Gasteiger partial charge in [0.05, 0.1) is 10.6 Å².